The molecule has 30 nitrogen and oxygen atoms in total. The number of para-hydroxylation sites is 1. The van der Waals surface area contributed by atoms with Crippen LogP contribution in [0.4, 0.5) is 0 Å². The number of amides is 10. The van der Waals surface area contributed by atoms with Crippen LogP contribution >= 0.6 is 0 Å². The number of likely N-dealkylation sites (N-methyl/N-ethyl adjacent to an activating group) is 1. The lowest BCUT2D eigenvalue weighted by molar-refractivity contribution is -0.151. The molecule has 0 spiro atoms. The molecule has 0 unspecified atom stereocenters. The zero-order valence-electron chi connectivity index (χ0n) is 61.1. The molecule has 2 aliphatic heterocycles. The van der Waals surface area contributed by atoms with E-state index in [0.717, 1.165) is 4.90 Å². The van der Waals surface area contributed by atoms with Crippen LogP contribution in [0.2, 0.25) is 0 Å². The van der Waals surface area contributed by atoms with E-state index < -0.39 is 149 Å². The summed E-state index contributed by atoms with van der Waals surface area (Å²) >= 11 is 0. The second-order valence-electron chi connectivity index (χ2n) is 29.3. The van der Waals surface area contributed by atoms with Gasteiger partial charge in [-0.1, -0.05) is 104 Å². The third kappa shape index (κ3) is 23.9. The lowest BCUT2D eigenvalue weighted by Gasteiger charge is -2.35. The zero-order chi connectivity index (χ0) is 76.2. The summed E-state index contributed by atoms with van der Waals surface area (Å²) < 4.78 is 0. The molecule has 6 rings (SSSR count). The van der Waals surface area contributed by atoms with E-state index in [9.17, 15) is 53.7 Å². The Hall–Kier alpha value is -9.74. The largest absolute Gasteiger partial charge is 0.511 e. The minimum Gasteiger partial charge on any atom is -0.511 e. The van der Waals surface area contributed by atoms with Crippen LogP contribution in [0.1, 0.15) is 157 Å². The molecular formula is C73H107N15O15. The van der Waals surface area contributed by atoms with Crippen LogP contribution in [-0.4, -0.2) is 206 Å². The summed E-state index contributed by atoms with van der Waals surface area (Å²) in [7, 11) is 1.20. The number of nitrogens with one attached hydrogen (secondary N) is 9. The number of aliphatic hydroxyl groups is 2. The van der Waals surface area contributed by atoms with Gasteiger partial charge in [0.2, 0.25) is 59.1 Å². The Morgan fingerprint density at radius 3 is 1.73 bits per heavy atom. The topological polar surface area (TPSA) is 461 Å². The average molecular weight is 1430 g/mol. The summed E-state index contributed by atoms with van der Waals surface area (Å²) in [5, 5.41) is 54.9. The Labute approximate surface area is 601 Å². The molecule has 103 heavy (non-hydrogen) atoms. The number of hydrogen-bond acceptors (Lipinski definition) is 16. The molecule has 3 aromatic rings. The third-order valence-electron chi connectivity index (χ3n) is 18.6. The van der Waals surface area contributed by atoms with Crippen molar-refractivity contribution in [2.75, 3.05) is 26.7 Å². The van der Waals surface area contributed by atoms with Gasteiger partial charge in [-0.15, -0.1) is 0 Å². The Morgan fingerprint density at radius 2 is 1.14 bits per heavy atom. The predicted molar refractivity (Wildman–Crippen MR) is 386 cm³/mol. The first-order valence-electron chi connectivity index (χ1n) is 35.6. The summed E-state index contributed by atoms with van der Waals surface area (Å²) in [6.45, 7) is 17.1. The van der Waals surface area contributed by atoms with Crippen LogP contribution in [0.5, 0.6) is 0 Å². The van der Waals surface area contributed by atoms with Gasteiger partial charge >= 0.3 is 5.97 Å². The van der Waals surface area contributed by atoms with E-state index in [2.05, 4.69) is 57.5 Å². The number of H-pyrrole nitrogens is 1. The van der Waals surface area contributed by atoms with Crippen LogP contribution in [0.3, 0.4) is 0 Å². The molecule has 2 aromatic carbocycles. The fourth-order valence-corrected chi connectivity index (χ4v) is 13.3. The van der Waals surface area contributed by atoms with Crippen LogP contribution in [0.25, 0.3) is 10.9 Å². The Bertz CT molecular complexity index is 3640. The highest BCUT2D eigenvalue weighted by molar-refractivity contribution is 6.22. The highest BCUT2D eigenvalue weighted by Gasteiger charge is 2.45. The van der Waals surface area contributed by atoms with Crippen molar-refractivity contribution in [1.29, 1.82) is 0 Å². The maximum Gasteiger partial charge on any atom is 0.305 e. The number of carboxylic acids is 1. The number of unbranched alkanes of at least 4 members (excludes halogenated alkanes) is 1. The number of fused-ring (bicyclic) bond motifs is 2. The van der Waals surface area contributed by atoms with Gasteiger partial charge in [-0.25, -0.2) is 0 Å². The number of ketones is 1. The molecule has 564 valence electrons. The lowest BCUT2D eigenvalue weighted by atomic mass is 9.76. The number of nitrogens with two attached hydrogens (primary N) is 2. The molecule has 30 heteroatoms. The molecule has 3 heterocycles. The molecular weight excluding hydrogens is 1330 g/mol. The fourth-order valence-electron chi connectivity index (χ4n) is 13.3. The number of benzene rings is 2. The predicted octanol–water partition coefficient (Wildman–Crippen LogP) is 2.15. The molecule has 0 bridgehead atoms. The van der Waals surface area contributed by atoms with Gasteiger partial charge in [-0.3, -0.25) is 67.5 Å². The van der Waals surface area contributed by atoms with Crippen molar-refractivity contribution in [1.82, 2.24) is 57.3 Å². The first-order chi connectivity index (χ1) is 48.5. The maximum atomic E-state index is 15.4. The second kappa shape index (κ2) is 38.0. The van der Waals surface area contributed by atoms with E-state index >= 15 is 19.2 Å². The van der Waals surface area contributed by atoms with Gasteiger partial charge in [-0.05, 0) is 112 Å². The molecule has 1 aliphatic carbocycles. The normalized spacial score (nSPS) is 24.9. The van der Waals surface area contributed by atoms with E-state index in [4.69, 9.17) is 11.5 Å². The van der Waals surface area contributed by atoms with Crippen LogP contribution in [0.15, 0.2) is 82.1 Å². The number of carbonyl (C=O) groups is 12. The third-order valence-corrected chi connectivity index (χ3v) is 18.6. The number of carbonyl (C=O) groups excluding carboxylic acids is 11. The SMILES string of the molecule is CC(=NCCCC[C@@H]1NC(=O)[C@@H](Cc2ccccc2)NC(=O)[C@H](CC(C)C)NC(=O)[C@H](CC(=O)O)NC(=O)[C@H]([C@@H](C)O)N(C)C(=O)[C@@H]2CCCN2C(=O)[C@@H](Cc2c[nH]c3ccccc23)NC(=O)[C@H](CC(C)C)NC(=O)[C@H](CCCN=C(N)N)NC(=O)[C@H](C(C)C)NC1=O)C1=C(O)CC(C)(C)CC1=O. The number of aromatic nitrogens is 1. The number of carboxylic acid groups (broad SMARTS) is 1. The van der Waals surface area contributed by atoms with Crippen molar-refractivity contribution in [2.24, 2.45) is 44.6 Å². The average Bonchev–Trinajstić information content (AvgIpc) is 1.78. The van der Waals surface area contributed by atoms with E-state index in [1.165, 1.54) is 18.9 Å². The van der Waals surface area contributed by atoms with Crippen molar-refractivity contribution in [3.05, 3.63) is 83.3 Å². The number of nitrogens with zero attached hydrogens (tertiary/aromatic N) is 4. The number of aliphatic carboxylic acids is 1. The summed E-state index contributed by atoms with van der Waals surface area (Å²) in [5.74, 6) is -12.5. The number of aromatic amines is 1. The number of rotatable bonds is 22. The van der Waals surface area contributed by atoms with Crippen molar-refractivity contribution >= 4 is 93.4 Å². The Morgan fingerprint density at radius 1 is 0.612 bits per heavy atom. The van der Waals surface area contributed by atoms with Crippen molar-refractivity contribution in [2.45, 2.75) is 226 Å². The summed E-state index contributed by atoms with van der Waals surface area (Å²) in [5.41, 5.74) is 13.2. The summed E-state index contributed by atoms with van der Waals surface area (Å²) in [6.07, 6.45) is -0.288. The van der Waals surface area contributed by atoms with E-state index in [1.807, 2.05) is 32.0 Å². The number of hydrogen-bond donors (Lipinski definition) is 14. The number of aliphatic imine (C=N–C) groups is 2. The van der Waals surface area contributed by atoms with Crippen LogP contribution in [-0.2, 0) is 70.4 Å². The minimum atomic E-state index is -1.94. The molecule has 2 fully saturated rings. The molecule has 0 saturated carbocycles. The smallest absolute Gasteiger partial charge is 0.305 e. The minimum absolute atomic E-state index is 0.00433. The summed E-state index contributed by atoms with van der Waals surface area (Å²) in [6, 6.07) is 0.603. The van der Waals surface area contributed by atoms with Crippen molar-refractivity contribution in [3.63, 3.8) is 0 Å². The number of aliphatic hydroxyl groups excluding tert-OH is 2. The molecule has 0 radical (unpaired) electrons. The van der Waals surface area contributed by atoms with Gasteiger partial charge in [0, 0.05) is 75.2 Å². The first kappa shape index (κ1) is 82.2. The maximum absolute atomic E-state index is 15.4. The van der Waals surface area contributed by atoms with Gasteiger partial charge in [0.15, 0.2) is 11.7 Å². The van der Waals surface area contributed by atoms with Gasteiger partial charge in [-0.2, -0.15) is 0 Å². The number of guanidine groups is 1. The molecule has 1 aromatic heterocycles. The van der Waals surface area contributed by atoms with Crippen LogP contribution < -0.4 is 54.0 Å². The van der Waals surface area contributed by atoms with Gasteiger partial charge in [0.1, 0.15) is 66.2 Å². The lowest BCUT2D eigenvalue weighted by Crippen LogP contribution is -2.63. The molecule has 3 aliphatic rings. The Kier molecular flexibility index (Phi) is 30.3. The molecule has 2 saturated heterocycles. The second-order valence-corrected chi connectivity index (χ2v) is 29.3. The molecule has 16 N–H and O–H groups in total. The van der Waals surface area contributed by atoms with Crippen LogP contribution in [0, 0.1) is 23.2 Å². The standard InChI is InChI=1S/C73H107N15O15/c1-39(2)31-50-64(96)83-52(33-44-21-13-12-14-22-44)66(98)79-48(25-17-18-28-76-42(7)59-56(90)36-73(9,10)37-57(59)91)63(95)86-60(41(5)6)68(100)80-49(26-19-29-77-72(74)75)62(94)81-51(32-40(3)4)65(97)85-54(34-45-38-78-47-24-16-15-23-46(45)47)70(102)88-30-20-27-55(88)71(103)87(11)61(43(8)89)69(101)84-53(35-58(92)93)67(99)82-50/h12-16,21-24,38-41,43,48-55,60-61,78,89-90H,17-20,25-37H2,1-11H3,(H,79,98)(H,80,100)(H,81,94)(H,82,99)(H,83,96)(H,84,101)(H,85,97)(H,86,95)(H,92,93)(H4,74,75,77)/t43-,48+,49+,50+,51+,52-,53+,54-,55+,60+,61+/m1/s1. The van der Waals surface area contributed by atoms with Gasteiger partial charge in [0.05, 0.1) is 18.1 Å². The highest BCUT2D eigenvalue weighted by atomic mass is 16.4. The first-order valence-corrected chi connectivity index (χ1v) is 35.6. The molecule has 11 atom stereocenters. The fraction of sp³-hybridized carbons (Fsp3) is 0.589. The van der Waals surface area contributed by atoms with E-state index in [0.29, 0.717) is 27.7 Å². The monoisotopic (exact) mass is 1430 g/mol. The van der Waals surface area contributed by atoms with Crippen molar-refractivity contribution in [3.8, 4) is 0 Å². The van der Waals surface area contributed by atoms with Gasteiger partial charge in [0.25, 0.3) is 0 Å². The van der Waals surface area contributed by atoms with E-state index in [-0.39, 0.29) is 138 Å². The number of allylic oxidation sites excluding steroid dienone is 2. The van der Waals surface area contributed by atoms with Gasteiger partial charge < -0.3 is 84.1 Å². The quantitative estimate of drug-likeness (QED) is 0.0389. The highest BCUT2D eigenvalue weighted by Crippen LogP contribution is 2.36. The zero-order valence-corrected chi connectivity index (χ0v) is 61.1. The van der Waals surface area contributed by atoms with E-state index in [1.54, 1.807) is 91.1 Å². The van der Waals surface area contributed by atoms with Crippen molar-refractivity contribution < 1.29 is 72.9 Å². The number of Topliss-reactive ketones (excluding diaryl/α,β-unsaturated/α-hetero) is 1. The summed E-state index contributed by atoms with van der Waals surface area (Å²) in [4.78, 5) is 189. The Balaban J connectivity index is 1.46. The molecule has 10 amide bonds.